The fraction of sp³-hybridized carbons (Fsp3) is 0.429. The van der Waals surface area contributed by atoms with Crippen molar-refractivity contribution in [3.8, 4) is 0 Å². The van der Waals surface area contributed by atoms with Gasteiger partial charge in [0.2, 0.25) is 5.82 Å². The van der Waals surface area contributed by atoms with Crippen molar-refractivity contribution < 1.29 is 13.2 Å². The summed E-state index contributed by atoms with van der Waals surface area (Å²) in [6.07, 6.45) is 1.85. The van der Waals surface area contributed by atoms with Crippen LogP contribution in [0.1, 0.15) is 38.5 Å². The maximum Gasteiger partial charge on any atom is 0.201 e. The summed E-state index contributed by atoms with van der Waals surface area (Å²) in [5.74, 6) is -1.13. The number of fused-ring (bicyclic) bond motifs is 1. The molecular weight excluding hydrogens is 236 g/mol. The summed E-state index contributed by atoms with van der Waals surface area (Å²) in [4.78, 5) is 0. The normalized spacial score (nSPS) is 13.1. The molecular formula is C14H17F2NO. The topological polar surface area (TPSA) is 25.2 Å². The lowest BCUT2D eigenvalue weighted by molar-refractivity contribution is 0.410. The number of benzene rings is 1. The maximum atomic E-state index is 13.5. The lowest BCUT2D eigenvalue weighted by Gasteiger charge is -2.13. The number of furan rings is 1. The minimum atomic E-state index is -0.913. The largest absolute Gasteiger partial charge is 0.456 e. The smallest absolute Gasteiger partial charge is 0.201 e. The first-order chi connectivity index (χ1) is 8.67. The van der Waals surface area contributed by atoms with Gasteiger partial charge in [0, 0.05) is 5.39 Å². The first-order valence-corrected chi connectivity index (χ1v) is 6.28. The van der Waals surface area contributed by atoms with Gasteiger partial charge in [0.25, 0.3) is 0 Å². The van der Waals surface area contributed by atoms with Crippen LogP contribution in [0.5, 0.6) is 0 Å². The number of halogens is 2. The van der Waals surface area contributed by atoms with Crippen molar-refractivity contribution in [3.05, 3.63) is 35.6 Å². The van der Waals surface area contributed by atoms with Gasteiger partial charge in [0.1, 0.15) is 5.76 Å². The Hall–Kier alpha value is -1.42. The molecule has 4 heteroatoms. The summed E-state index contributed by atoms with van der Waals surface area (Å²) in [6.45, 7) is 4.97. The van der Waals surface area contributed by atoms with Crippen molar-refractivity contribution >= 4 is 11.0 Å². The van der Waals surface area contributed by atoms with Crippen LogP contribution >= 0.6 is 0 Å². The number of hydrogen-bond acceptors (Lipinski definition) is 2. The van der Waals surface area contributed by atoms with Crippen molar-refractivity contribution in [1.29, 1.82) is 0 Å². The van der Waals surface area contributed by atoms with Crippen molar-refractivity contribution in [2.24, 2.45) is 0 Å². The summed E-state index contributed by atoms with van der Waals surface area (Å²) >= 11 is 0. The Kier molecular flexibility index (Phi) is 3.97. The van der Waals surface area contributed by atoms with Gasteiger partial charge in [-0.15, -0.1) is 0 Å². The van der Waals surface area contributed by atoms with Crippen LogP contribution in [-0.4, -0.2) is 6.54 Å². The minimum Gasteiger partial charge on any atom is -0.456 e. The molecule has 1 atom stereocenters. The third-order valence-electron chi connectivity index (χ3n) is 2.99. The average Bonchev–Trinajstić information content (AvgIpc) is 2.80. The first-order valence-electron chi connectivity index (χ1n) is 6.28. The molecule has 0 aliphatic carbocycles. The zero-order valence-corrected chi connectivity index (χ0v) is 10.6. The van der Waals surface area contributed by atoms with Gasteiger partial charge in [0.15, 0.2) is 11.4 Å². The van der Waals surface area contributed by atoms with E-state index in [9.17, 15) is 8.78 Å². The average molecular weight is 253 g/mol. The van der Waals surface area contributed by atoms with E-state index in [1.54, 1.807) is 6.07 Å². The quantitative estimate of drug-likeness (QED) is 0.865. The van der Waals surface area contributed by atoms with Crippen LogP contribution in [0.2, 0.25) is 0 Å². The molecule has 2 aromatic rings. The highest BCUT2D eigenvalue weighted by molar-refractivity contribution is 5.78. The predicted octanol–water partition coefficient (Wildman–Crippen LogP) is 4.16. The van der Waals surface area contributed by atoms with Crippen LogP contribution < -0.4 is 5.32 Å². The maximum absolute atomic E-state index is 13.5. The molecule has 2 nitrogen and oxygen atoms in total. The third-order valence-corrected chi connectivity index (χ3v) is 2.99. The minimum absolute atomic E-state index is 0.00162. The third kappa shape index (κ3) is 2.38. The molecule has 0 aliphatic rings. The van der Waals surface area contributed by atoms with Crippen molar-refractivity contribution in [1.82, 2.24) is 5.32 Å². The van der Waals surface area contributed by atoms with Crippen LogP contribution in [0.25, 0.3) is 11.0 Å². The Balaban J connectivity index is 2.36. The van der Waals surface area contributed by atoms with Gasteiger partial charge in [-0.25, -0.2) is 4.39 Å². The van der Waals surface area contributed by atoms with E-state index in [0.717, 1.165) is 25.5 Å². The molecule has 1 aromatic heterocycles. The Morgan fingerprint density at radius 1 is 1.28 bits per heavy atom. The van der Waals surface area contributed by atoms with Crippen LogP contribution in [-0.2, 0) is 0 Å². The molecule has 1 unspecified atom stereocenters. The zero-order valence-electron chi connectivity index (χ0n) is 10.6. The van der Waals surface area contributed by atoms with Gasteiger partial charge in [-0.2, -0.15) is 4.39 Å². The fourth-order valence-corrected chi connectivity index (χ4v) is 2.00. The molecule has 18 heavy (non-hydrogen) atoms. The zero-order chi connectivity index (χ0) is 13.1. The Morgan fingerprint density at radius 2 is 2.06 bits per heavy atom. The second-order valence-electron chi connectivity index (χ2n) is 4.34. The highest BCUT2D eigenvalue weighted by Gasteiger charge is 2.17. The molecule has 1 heterocycles. The van der Waals surface area contributed by atoms with E-state index in [-0.39, 0.29) is 11.6 Å². The van der Waals surface area contributed by atoms with Gasteiger partial charge < -0.3 is 9.73 Å². The van der Waals surface area contributed by atoms with Gasteiger partial charge >= 0.3 is 0 Å². The second-order valence-corrected chi connectivity index (χ2v) is 4.34. The Morgan fingerprint density at radius 3 is 2.72 bits per heavy atom. The number of rotatable bonds is 5. The van der Waals surface area contributed by atoms with Gasteiger partial charge in [-0.3, -0.25) is 0 Å². The van der Waals surface area contributed by atoms with Gasteiger partial charge in [0.05, 0.1) is 6.04 Å². The standard InChI is InChI=1S/C14H17F2NO/c1-3-7-17-11(4-2)12-8-9-5-6-10(15)13(16)14(9)18-12/h5-6,8,11,17H,3-4,7H2,1-2H3. The predicted molar refractivity (Wildman–Crippen MR) is 67.5 cm³/mol. The summed E-state index contributed by atoms with van der Waals surface area (Å²) in [6, 6.07) is 4.47. The molecule has 0 saturated heterocycles. The molecule has 0 amide bonds. The first kappa shape index (κ1) is 13.0. The Bertz CT molecular complexity index is 536. The molecule has 0 aliphatic heterocycles. The molecule has 0 saturated carbocycles. The highest BCUT2D eigenvalue weighted by atomic mass is 19.2. The summed E-state index contributed by atoms with van der Waals surface area (Å²) < 4.78 is 32.1. The Labute approximate surface area is 105 Å². The molecule has 1 aromatic carbocycles. The van der Waals surface area contributed by atoms with E-state index >= 15 is 0 Å². The van der Waals surface area contributed by atoms with E-state index in [2.05, 4.69) is 12.2 Å². The summed E-state index contributed by atoms with van der Waals surface area (Å²) in [5, 5.41) is 3.92. The lowest BCUT2D eigenvalue weighted by Crippen LogP contribution is -2.20. The molecule has 98 valence electrons. The lowest BCUT2D eigenvalue weighted by atomic mass is 10.1. The van der Waals surface area contributed by atoms with Crippen molar-refractivity contribution in [2.45, 2.75) is 32.7 Å². The van der Waals surface area contributed by atoms with Crippen LogP contribution in [0, 0.1) is 11.6 Å². The number of hydrogen-bond donors (Lipinski definition) is 1. The molecule has 0 fully saturated rings. The summed E-state index contributed by atoms with van der Waals surface area (Å²) in [7, 11) is 0. The van der Waals surface area contributed by atoms with E-state index in [0.29, 0.717) is 11.1 Å². The summed E-state index contributed by atoms with van der Waals surface area (Å²) in [5.41, 5.74) is 0.00162. The van der Waals surface area contributed by atoms with E-state index < -0.39 is 11.6 Å². The van der Waals surface area contributed by atoms with E-state index in [1.807, 2.05) is 6.92 Å². The molecule has 1 N–H and O–H groups in total. The van der Waals surface area contributed by atoms with Crippen molar-refractivity contribution in [2.75, 3.05) is 6.54 Å². The molecule has 0 spiro atoms. The van der Waals surface area contributed by atoms with Crippen LogP contribution in [0.15, 0.2) is 22.6 Å². The molecule has 2 rings (SSSR count). The van der Waals surface area contributed by atoms with E-state index in [4.69, 9.17) is 4.42 Å². The van der Waals surface area contributed by atoms with Crippen LogP contribution in [0.4, 0.5) is 8.78 Å². The molecule has 0 bridgehead atoms. The van der Waals surface area contributed by atoms with E-state index in [1.165, 1.54) is 6.07 Å². The fourth-order valence-electron chi connectivity index (χ4n) is 2.00. The van der Waals surface area contributed by atoms with Gasteiger partial charge in [-0.1, -0.05) is 13.8 Å². The molecule has 0 radical (unpaired) electrons. The van der Waals surface area contributed by atoms with Crippen molar-refractivity contribution in [3.63, 3.8) is 0 Å². The highest BCUT2D eigenvalue weighted by Crippen LogP contribution is 2.28. The SMILES string of the molecule is CCCNC(CC)c1cc2ccc(F)c(F)c2o1. The van der Waals surface area contributed by atoms with Crippen LogP contribution in [0.3, 0.4) is 0 Å². The monoisotopic (exact) mass is 253 g/mol. The van der Waals surface area contributed by atoms with Gasteiger partial charge in [-0.05, 0) is 37.6 Å². The second kappa shape index (κ2) is 5.48. The number of nitrogens with one attached hydrogen (secondary N) is 1.